The molecule has 0 saturated carbocycles. The van der Waals surface area contributed by atoms with E-state index < -0.39 is 28.0 Å². The molecule has 0 unspecified atom stereocenters. The van der Waals surface area contributed by atoms with Crippen molar-refractivity contribution in [1.29, 1.82) is 0 Å². The van der Waals surface area contributed by atoms with Gasteiger partial charge in [-0.05, 0) is 90.8 Å². The van der Waals surface area contributed by atoms with Crippen LogP contribution >= 0.6 is 15.8 Å². The van der Waals surface area contributed by atoms with Gasteiger partial charge in [0.25, 0.3) is 0 Å². The number of carbonyl (C=O) groups excluding carboxylic acids is 1. The number of amidine groups is 2. The molecule has 10 rings (SSSR count). The van der Waals surface area contributed by atoms with Gasteiger partial charge in [-0.15, -0.1) is 0 Å². The average Bonchev–Trinajstić information content (AvgIpc) is 3.72. The number of hydrogen-bond acceptors (Lipinski definition) is 8. The van der Waals surface area contributed by atoms with E-state index in [1.54, 1.807) is 24.3 Å². The minimum Gasteiger partial charge on any atom is -0.859 e. The zero-order chi connectivity index (χ0) is 49.1. The van der Waals surface area contributed by atoms with Crippen molar-refractivity contribution in [1.82, 2.24) is 9.97 Å². The van der Waals surface area contributed by atoms with E-state index in [0.29, 0.717) is 23.3 Å². The van der Waals surface area contributed by atoms with Crippen molar-refractivity contribution in [2.24, 2.45) is 9.98 Å². The first-order chi connectivity index (χ1) is 34.0. The molecule has 0 aliphatic carbocycles. The van der Waals surface area contributed by atoms with Crippen LogP contribution in [0.1, 0.15) is 11.1 Å². The van der Waals surface area contributed by atoms with Crippen LogP contribution in [0.15, 0.2) is 253 Å². The molecule has 1 aliphatic rings. The van der Waals surface area contributed by atoms with Crippen LogP contribution in [0.2, 0.25) is 0 Å². The number of pyridine rings is 2. The zero-order valence-electron chi connectivity index (χ0n) is 37.5. The molecule has 354 valence electrons. The number of aromatic nitrogens is 2. The van der Waals surface area contributed by atoms with Crippen LogP contribution in [0.5, 0.6) is 11.8 Å². The number of aromatic hydroxyl groups is 1. The summed E-state index contributed by atoms with van der Waals surface area (Å²) in [6.07, 6.45) is -5.19. The van der Waals surface area contributed by atoms with E-state index in [9.17, 15) is 23.4 Å². The third kappa shape index (κ3) is 15.4. The number of carboxylic acids is 1. The Morgan fingerprint density at radius 2 is 0.845 bits per heavy atom. The number of halogens is 3. The van der Waals surface area contributed by atoms with E-state index in [0.717, 1.165) is 11.1 Å². The summed E-state index contributed by atoms with van der Waals surface area (Å²) in [5.41, 5.74) is 1.67. The quantitative estimate of drug-likeness (QED) is 0.117. The van der Waals surface area contributed by atoms with Gasteiger partial charge in [0.05, 0.1) is 15.8 Å². The number of benzene rings is 7. The van der Waals surface area contributed by atoms with Gasteiger partial charge in [0.1, 0.15) is 49.5 Å². The molecule has 7 aromatic carbocycles. The van der Waals surface area contributed by atoms with Crippen molar-refractivity contribution in [3.63, 3.8) is 0 Å². The maximum atomic E-state index is 11.4. The van der Waals surface area contributed by atoms with Gasteiger partial charge in [0, 0.05) is 17.2 Å². The van der Waals surface area contributed by atoms with Crippen LogP contribution in [0.4, 0.5) is 24.8 Å². The maximum absolute atomic E-state index is 11.4. The number of rotatable bonds is 8. The van der Waals surface area contributed by atoms with Gasteiger partial charge in [-0.2, -0.15) is 18.2 Å². The normalized spacial score (nSPS) is 11.8. The minimum absolute atomic E-state index is 0. The number of nitrogens with zero attached hydrogens (tertiary/aromatic N) is 4. The molecular weight excluding hydrogens is 1030 g/mol. The number of alkyl halides is 3. The molecule has 1 aliphatic heterocycles. The van der Waals surface area contributed by atoms with Crippen molar-refractivity contribution in [3.05, 3.63) is 254 Å². The summed E-state index contributed by atoms with van der Waals surface area (Å²) in [5, 5.41) is 41.3. The van der Waals surface area contributed by atoms with Crippen molar-refractivity contribution >= 4 is 76.9 Å². The Hall–Kier alpha value is -7.68. The molecule has 0 radical (unpaired) electrons. The van der Waals surface area contributed by atoms with E-state index in [2.05, 4.69) is 207 Å². The van der Waals surface area contributed by atoms with E-state index >= 15 is 0 Å². The average molecular weight is 1070 g/mol. The van der Waals surface area contributed by atoms with Crippen LogP contribution < -0.4 is 47.4 Å². The van der Waals surface area contributed by atoms with Crippen LogP contribution in [-0.2, 0) is 24.3 Å². The summed E-state index contributed by atoms with van der Waals surface area (Å²) < 4.78 is 31.5. The first kappa shape index (κ1) is 52.7. The Balaban J connectivity index is 0.000000164. The summed E-state index contributed by atoms with van der Waals surface area (Å²) in [6, 6.07) is 82.1. The summed E-state index contributed by atoms with van der Waals surface area (Å²) in [7, 11) is -1.75. The first-order valence-corrected chi connectivity index (χ1v) is 24.7. The molecular formula is C56H44F3N5O4P2Ru+2. The summed E-state index contributed by atoms with van der Waals surface area (Å²) in [6.45, 7) is 0. The molecule has 2 aromatic heterocycles. The van der Waals surface area contributed by atoms with Gasteiger partial charge in [-0.3, -0.25) is 0 Å². The summed E-state index contributed by atoms with van der Waals surface area (Å²) in [5.74, 6) is -1.65. The molecule has 0 fully saturated rings. The Morgan fingerprint density at radius 3 is 1.20 bits per heavy atom. The van der Waals surface area contributed by atoms with Crippen LogP contribution in [0.25, 0.3) is 0 Å². The molecule has 71 heavy (non-hydrogen) atoms. The van der Waals surface area contributed by atoms with Crippen molar-refractivity contribution in [3.8, 4) is 11.8 Å². The fourth-order valence-corrected chi connectivity index (χ4v) is 12.3. The number of carbonyl (C=O) groups is 1. The van der Waals surface area contributed by atoms with Gasteiger partial charge in [-0.1, -0.05) is 152 Å². The Bertz CT molecular complexity index is 2820. The number of aliphatic carboxylic acids is 1. The van der Waals surface area contributed by atoms with Gasteiger partial charge in [0.2, 0.25) is 5.88 Å². The molecule has 0 spiro atoms. The Morgan fingerprint density at radius 1 is 0.493 bits per heavy atom. The second kappa shape index (κ2) is 26.3. The van der Waals surface area contributed by atoms with Gasteiger partial charge in [0.15, 0.2) is 11.7 Å². The fourth-order valence-electron chi connectivity index (χ4n) is 7.11. The fraction of sp³-hybridized carbons (Fsp3) is 0.0179. The summed E-state index contributed by atoms with van der Waals surface area (Å²) >= 11 is 0. The van der Waals surface area contributed by atoms with E-state index in [1.807, 2.05) is 24.3 Å². The topological polar surface area (TPSA) is 146 Å². The van der Waals surface area contributed by atoms with Gasteiger partial charge < -0.3 is 25.4 Å². The van der Waals surface area contributed by atoms with E-state index in [-0.39, 0.29) is 31.2 Å². The Kier molecular flexibility index (Phi) is 19.5. The second-order valence-corrected chi connectivity index (χ2v) is 20.0. The second-order valence-electron chi connectivity index (χ2n) is 15.0. The number of fused-ring (bicyclic) bond motifs is 1. The molecule has 9 nitrogen and oxygen atoms in total. The van der Waals surface area contributed by atoms with Crippen molar-refractivity contribution in [2.75, 3.05) is 5.32 Å². The van der Waals surface area contributed by atoms with Crippen LogP contribution in [0.3, 0.4) is 0 Å². The molecule has 0 saturated heterocycles. The number of aliphatic imine (C=N–C) groups is 2. The van der Waals surface area contributed by atoms with Crippen LogP contribution in [-0.4, -0.2) is 38.9 Å². The number of nitrogens with one attached hydrogen (secondary N) is 1. The standard InChI is InChI=1S/C18H13N5O2.2C18H15P.C2HF3O2.Ru/c24-15-9-3-7-13(19-15)21-17-11-5-1-2-6-12(11)18(23-17)22-14-8-4-10-16(25)20-14;2*1-4-10-16(11-5-1)19(17-12-6-2-7-13-17)18-14-8-3-9-15-18;3-2(4,5)1(6)7;/h1-10H,(H3,19,20,21,22,23,24,25);2*1-15H;(H,6,7);/q;;;;+2. The van der Waals surface area contributed by atoms with Gasteiger partial charge in [-0.25, -0.2) is 15.0 Å². The molecule has 0 amide bonds. The third-order valence-corrected chi connectivity index (χ3v) is 15.6. The van der Waals surface area contributed by atoms with Crippen molar-refractivity contribution < 1.29 is 52.8 Å². The predicted octanol–water partition coefficient (Wildman–Crippen LogP) is 7.86. The monoisotopic (exact) mass is 1070 g/mol. The SMILES string of the molecule is O=C([O-])C(F)(F)F.[O-]c1cccc(NC2=NC(=Nc3cccc(O)n3)c3ccccc32)n1.[Ru+2].c1ccc([PH+](c2ccccc2)c2ccccc2)cc1.c1ccc([PH+](c2ccccc2)c2ccccc2)cc1. The van der Waals surface area contributed by atoms with E-state index in [1.165, 1.54) is 44.0 Å². The minimum atomic E-state index is -5.19. The molecule has 2 N–H and O–H groups in total. The molecule has 9 aromatic rings. The molecule has 0 atom stereocenters. The summed E-state index contributed by atoms with van der Waals surface area (Å²) in [4.78, 5) is 25.5. The number of hydrogen-bond donors (Lipinski definition) is 2. The largest absolute Gasteiger partial charge is 2.00 e. The van der Waals surface area contributed by atoms with E-state index in [4.69, 9.17) is 9.90 Å². The first-order valence-electron chi connectivity index (χ1n) is 21.7. The smallest absolute Gasteiger partial charge is 0.859 e. The van der Waals surface area contributed by atoms with Crippen LogP contribution in [0, 0.1) is 0 Å². The van der Waals surface area contributed by atoms with Gasteiger partial charge >= 0.3 is 25.7 Å². The number of carboxylic acid groups (broad SMARTS) is 1. The third-order valence-electron chi connectivity index (χ3n) is 10.2. The maximum Gasteiger partial charge on any atom is 2.00 e. The molecule has 15 heteroatoms. The predicted molar refractivity (Wildman–Crippen MR) is 277 cm³/mol. The van der Waals surface area contributed by atoms with Crippen molar-refractivity contribution in [2.45, 2.75) is 6.18 Å². The Labute approximate surface area is 424 Å². The molecule has 0 bridgehead atoms. The molecule has 3 heterocycles. The zero-order valence-corrected chi connectivity index (χ0v) is 41.3. The number of anilines is 1.